The van der Waals surface area contributed by atoms with Crippen LogP contribution < -0.4 is 10.6 Å². The summed E-state index contributed by atoms with van der Waals surface area (Å²) in [4.78, 5) is 34.0. The Hall–Kier alpha value is -3.17. The van der Waals surface area contributed by atoms with E-state index >= 15 is 0 Å². The summed E-state index contributed by atoms with van der Waals surface area (Å²) in [5.41, 5.74) is 4.12. The van der Waals surface area contributed by atoms with Crippen molar-refractivity contribution in [2.24, 2.45) is 17.8 Å². The molecule has 172 valence electrons. The Bertz CT molecular complexity index is 916. The molecule has 2 heterocycles. The van der Waals surface area contributed by atoms with Gasteiger partial charge in [-0.3, -0.25) is 9.69 Å². The predicted octanol–water partition coefficient (Wildman–Crippen LogP) is 0.629. The highest BCUT2D eigenvalue weighted by Crippen LogP contribution is 2.48. The Morgan fingerprint density at radius 3 is 2.59 bits per heavy atom. The molecule has 32 heavy (non-hydrogen) atoms. The van der Waals surface area contributed by atoms with Crippen LogP contribution in [0.5, 0.6) is 0 Å². The molecule has 0 saturated heterocycles. The fourth-order valence-electron chi connectivity index (χ4n) is 4.63. The first kappa shape index (κ1) is 23.5. The lowest BCUT2D eigenvalue weighted by atomic mass is 9.66. The van der Waals surface area contributed by atoms with Crippen LogP contribution in [0, 0.1) is 17.8 Å². The Morgan fingerprint density at radius 2 is 1.97 bits per heavy atom. The number of aliphatic hydroxyl groups is 1. The van der Waals surface area contributed by atoms with Gasteiger partial charge in [0, 0.05) is 54.5 Å². The highest BCUT2D eigenvalue weighted by Gasteiger charge is 2.45. The highest BCUT2D eigenvalue weighted by molar-refractivity contribution is 5.89. The van der Waals surface area contributed by atoms with Crippen molar-refractivity contribution in [2.45, 2.75) is 25.4 Å². The molecule has 5 N–H and O–H groups in total. The molecular formula is C23H29N3O6. The van der Waals surface area contributed by atoms with Crippen molar-refractivity contribution in [1.82, 2.24) is 15.5 Å². The van der Waals surface area contributed by atoms with E-state index in [0.29, 0.717) is 30.0 Å². The zero-order chi connectivity index (χ0) is 23.4. The standard InChI is InChI=1S/C19H25N3O2.C4H4O4/c1-11(10-23)21-19(24)13-6-15-14-4-3-5-16-18(14)12(8-20-16)7-17(15)22(2)9-13;5-3(6)1-2-4(7)8/h3-6,8,11,13-14,17-18,20,23H,7,9-10H2,1-2H3,(H,21,24);1-2H,(H,5,6)(H,7,8)/b;2-1-/t11-,13+,14?,17+,18?;/m0./s1. The lowest BCUT2D eigenvalue weighted by Crippen LogP contribution is -2.50. The average Bonchev–Trinajstić information content (AvgIpc) is 3.17. The third-order valence-electron chi connectivity index (χ3n) is 6.09. The van der Waals surface area contributed by atoms with Gasteiger partial charge in [0.1, 0.15) is 0 Å². The molecule has 1 saturated carbocycles. The number of hydrogen-bond donors (Lipinski definition) is 5. The number of amides is 1. The summed E-state index contributed by atoms with van der Waals surface area (Å²) in [6.45, 7) is 2.51. The maximum Gasteiger partial charge on any atom is 0.328 e. The minimum atomic E-state index is -1.26. The Balaban J connectivity index is 0.000000312. The molecule has 1 amide bonds. The maximum atomic E-state index is 12.5. The fourth-order valence-corrected chi connectivity index (χ4v) is 4.63. The Kier molecular flexibility index (Phi) is 7.32. The molecule has 0 spiro atoms. The van der Waals surface area contributed by atoms with E-state index in [1.165, 1.54) is 16.8 Å². The van der Waals surface area contributed by atoms with E-state index in [2.05, 4.69) is 53.1 Å². The monoisotopic (exact) mass is 443 g/mol. The van der Waals surface area contributed by atoms with E-state index in [-0.39, 0.29) is 24.5 Å². The smallest absolute Gasteiger partial charge is 0.328 e. The van der Waals surface area contributed by atoms with Gasteiger partial charge < -0.3 is 26.0 Å². The fraction of sp³-hybridized carbons (Fsp3) is 0.435. The number of fused-ring (bicyclic) bond motifs is 2. The molecule has 0 aromatic heterocycles. The summed E-state index contributed by atoms with van der Waals surface area (Å²) in [5.74, 6) is -1.89. The minimum Gasteiger partial charge on any atom is -0.478 e. The molecule has 2 aliphatic carbocycles. The summed E-state index contributed by atoms with van der Waals surface area (Å²) in [6.07, 6.45) is 13.1. The number of hydrogen-bond acceptors (Lipinski definition) is 6. The molecule has 0 aromatic rings. The van der Waals surface area contributed by atoms with Crippen LogP contribution in [0.2, 0.25) is 0 Å². The summed E-state index contributed by atoms with van der Waals surface area (Å²) in [7, 11) is 2.11. The van der Waals surface area contributed by atoms with Crippen LogP contribution in [-0.4, -0.2) is 70.3 Å². The van der Waals surface area contributed by atoms with Crippen LogP contribution in [-0.2, 0) is 14.4 Å². The lowest BCUT2D eigenvalue weighted by Gasteiger charge is -2.46. The second-order valence-corrected chi connectivity index (χ2v) is 8.41. The molecule has 9 nitrogen and oxygen atoms in total. The van der Waals surface area contributed by atoms with Crippen LogP contribution in [0.15, 0.2) is 59.5 Å². The first-order valence-corrected chi connectivity index (χ1v) is 10.5. The van der Waals surface area contributed by atoms with Crippen molar-refractivity contribution in [3.8, 4) is 0 Å². The highest BCUT2D eigenvalue weighted by atomic mass is 16.4. The zero-order valence-corrected chi connectivity index (χ0v) is 18.1. The first-order chi connectivity index (χ1) is 15.2. The molecular weight excluding hydrogens is 414 g/mol. The normalized spacial score (nSPS) is 28.7. The second kappa shape index (κ2) is 9.97. The number of carbonyl (C=O) groups is 3. The van der Waals surface area contributed by atoms with Crippen LogP contribution in [0.25, 0.3) is 0 Å². The summed E-state index contributed by atoms with van der Waals surface area (Å²) >= 11 is 0. The quantitative estimate of drug-likeness (QED) is 0.308. The van der Waals surface area contributed by atoms with Crippen molar-refractivity contribution in [3.63, 3.8) is 0 Å². The summed E-state index contributed by atoms with van der Waals surface area (Å²) < 4.78 is 0. The second-order valence-electron chi connectivity index (χ2n) is 8.41. The molecule has 1 fully saturated rings. The van der Waals surface area contributed by atoms with Gasteiger partial charge in [0.05, 0.1) is 12.5 Å². The van der Waals surface area contributed by atoms with Crippen molar-refractivity contribution in [3.05, 3.63) is 59.5 Å². The first-order valence-electron chi connectivity index (χ1n) is 10.5. The number of aliphatic carboxylic acids is 2. The largest absolute Gasteiger partial charge is 0.478 e. The summed E-state index contributed by atoms with van der Waals surface area (Å²) in [5, 5.41) is 31.1. The molecule has 5 atom stereocenters. The molecule has 0 bridgehead atoms. The Morgan fingerprint density at radius 1 is 1.28 bits per heavy atom. The van der Waals surface area contributed by atoms with E-state index in [0.717, 1.165) is 13.0 Å². The van der Waals surface area contributed by atoms with Gasteiger partial charge in [0.15, 0.2) is 0 Å². The minimum absolute atomic E-state index is 0.00999. The van der Waals surface area contributed by atoms with Crippen LogP contribution >= 0.6 is 0 Å². The van der Waals surface area contributed by atoms with Crippen molar-refractivity contribution >= 4 is 17.8 Å². The molecule has 2 aliphatic heterocycles. The number of carboxylic acids is 2. The number of likely N-dealkylation sites (N-methyl/N-ethyl adjacent to an activating group) is 1. The van der Waals surface area contributed by atoms with E-state index in [9.17, 15) is 19.5 Å². The molecule has 0 aromatic carbocycles. The molecule has 4 rings (SSSR count). The average molecular weight is 444 g/mol. The van der Waals surface area contributed by atoms with Crippen LogP contribution in [0.4, 0.5) is 0 Å². The SMILES string of the molecule is C[C@@H](CO)NC(=O)[C@@H]1C=C2C3C=CC=C4NC=C(C[C@H]2N(C)C1)C43.O=C(O)/C=C\C(=O)O. The van der Waals surface area contributed by atoms with E-state index in [1.807, 2.05) is 6.92 Å². The van der Waals surface area contributed by atoms with Gasteiger partial charge in [-0.1, -0.05) is 18.2 Å². The topological polar surface area (TPSA) is 139 Å². The third kappa shape index (κ3) is 5.17. The molecule has 4 aliphatic rings. The number of carboxylic acid groups (broad SMARTS) is 2. The van der Waals surface area contributed by atoms with Gasteiger partial charge >= 0.3 is 11.9 Å². The van der Waals surface area contributed by atoms with Crippen LogP contribution in [0.1, 0.15) is 13.3 Å². The van der Waals surface area contributed by atoms with Gasteiger partial charge in [-0.25, -0.2) is 9.59 Å². The van der Waals surface area contributed by atoms with Crippen molar-refractivity contribution in [1.29, 1.82) is 0 Å². The maximum absolute atomic E-state index is 12.5. The van der Waals surface area contributed by atoms with Gasteiger partial charge in [0.2, 0.25) is 5.91 Å². The van der Waals surface area contributed by atoms with Gasteiger partial charge in [-0.15, -0.1) is 0 Å². The predicted molar refractivity (Wildman–Crippen MR) is 117 cm³/mol. The van der Waals surface area contributed by atoms with Gasteiger partial charge in [0.25, 0.3) is 0 Å². The van der Waals surface area contributed by atoms with Crippen LogP contribution in [0.3, 0.4) is 0 Å². The lowest BCUT2D eigenvalue weighted by molar-refractivity contribution is -0.134. The number of allylic oxidation sites excluding steroid dienone is 4. The molecule has 0 radical (unpaired) electrons. The van der Waals surface area contributed by atoms with Crippen molar-refractivity contribution in [2.75, 3.05) is 20.2 Å². The van der Waals surface area contributed by atoms with Crippen molar-refractivity contribution < 1.29 is 29.7 Å². The van der Waals surface area contributed by atoms with E-state index in [1.54, 1.807) is 0 Å². The number of carbonyl (C=O) groups excluding carboxylic acids is 1. The third-order valence-corrected chi connectivity index (χ3v) is 6.09. The Labute approximate surface area is 186 Å². The number of aliphatic hydroxyl groups excluding tert-OH is 1. The van der Waals surface area contributed by atoms with Gasteiger partial charge in [-0.2, -0.15) is 0 Å². The summed E-state index contributed by atoms with van der Waals surface area (Å²) in [6, 6.07) is 0.170. The molecule has 2 unspecified atom stereocenters. The van der Waals surface area contributed by atoms with Gasteiger partial charge in [-0.05, 0) is 37.6 Å². The number of nitrogens with zero attached hydrogens (tertiary/aromatic N) is 1. The van der Waals surface area contributed by atoms with E-state index in [4.69, 9.17) is 10.2 Å². The zero-order valence-electron chi connectivity index (χ0n) is 18.1. The number of nitrogens with one attached hydrogen (secondary N) is 2. The number of rotatable bonds is 5. The molecule has 9 heteroatoms. The van der Waals surface area contributed by atoms with E-state index < -0.39 is 11.9 Å².